The summed E-state index contributed by atoms with van der Waals surface area (Å²) in [5.41, 5.74) is 3.34. The van der Waals surface area contributed by atoms with Crippen LogP contribution in [0.1, 0.15) is 36.7 Å². The molecule has 1 aromatic carbocycles. The van der Waals surface area contributed by atoms with Crippen molar-refractivity contribution < 1.29 is 0 Å². The summed E-state index contributed by atoms with van der Waals surface area (Å²) in [5.74, 6) is 1.08. The SMILES string of the molecule is Clc1ccc2nc([C@H]3CCCN3CCCc3cccnc3)[nH]c2c1. The molecular formula is C19H21ClN4. The maximum absolute atomic E-state index is 6.08. The molecule has 1 saturated heterocycles. The fraction of sp³-hybridized carbons (Fsp3) is 0.368. The molecule has 1 aliphatic heterocycles. The number of aryl methyl sites for hydroxylation is 1. The van der Waals surface area contributed by atoms with Gasteiger partial charge in [-0.05, 0) is 68.6 Å². The third-order valence-electron chi connectivity index (χ3n) is 4.78. The summed E-state index contributed by atoms with van der Waals surface area (Å²) in [7, 11) is 0. The summed E-state index contributed by atoms with van der Waals surface area (Å²) in [5, 5.41) is 0.748. The van der Waals surface area contributed by atoms with Crippen molar-refractivity contribution in [3.8, 4) is 0 Å². The molecule has 4 rings (SSSR count). The summed E-state index contributed by atoms with van der Waals surface area (Å²) in [6.07, 6.45) is 8.41. The number of hydrogen-bond acceptors (Lipinski definition) is 3. The third-order valence-corrected chi connectivity index (χ3v) is 5.01. The van der Waals surface area contributed by atoms with Gasteiger partial charge in [-0.2, -0.15) is 0 Å². The molecule has 0 saturated carbocycles. The van der Waals surface area contributed by atoms with Crippen molar-refractivity contribution in [2.75, 3.05) is 13.1 Å². The Kier molecular flexibility index (Phi) is 4.50. The van der Waals surface area contributed by atoms with Crippen LogP contribution in [0.25, 0.3) is 11.0 Å². The minimum absolute atomic E-state index is 0.394. The van der Waals surface area contributed by atoms with Crippen LogP contribution in [-0.2, 0) is 6.42 Å². The predicted octanol–water partition coefficient (Wildman–Crippen LogP) is 4.38. The molecule has 0 amide bonds. The highest BCUT2D eigenvalue weighted by molar-refractivity contribution is 6.31. The largest absolute Gasteiger partial charge is 0.341 e. The first kappa shape index (κ1) is 15.6. The Hall–Kier alpha value is -1.91. The lowest BCUT2D eigenvalue weighted by molar-refractivity contribution is 0.247. The van der Waals surface area contributed by atoms with Gasteiger partial charge in [0.25, 0.3) is 0 Å². The molecule has 0 radical (unpaired) electrons. The molecule has 1 fully saturated rings. The van der Waals surface area contributed by atoms with E-state index in [4.69, 9.17) is 16.6 Å². The van der Waals surface area contributed by atoms with Crippen LogP contribution in [0, 0.1) is 0 Å². The van der Waals surface area contributed by atoms with Crippen LogP contribution in [0.5, 0.6) is 0 Å². The minimum atomic E-state index is 0.394. The number of aromatic nitrogens is 3. The molecule has 0 unspecified atom stereocenters. The standard InChI is InChI=1S/C19H21ClN4/c20-15-7-8-16-17(12-15)23-19(22-16)18-6-3-11-24(18)10-2-5-14-4-1-9-21-13-14/h1,4,7-9,12-13,18H,2-3,5-6,10-11H2,(H,22,23)/t18-/m1/s1. The Labute approximate surface area is 146 Å². The quantitative estimate of drug-likeness (QED) is 0.749. The van der Waals surface area contributed by atoms with E-state index in [2.05, 4.69) is 20.9 Å². The number of H-pyrrole nitrogens is 1. The zero-order valence-corrected chi connectivity index (χ0v) is 14.3. The number of hydrogen-bond donors (Lipinski definition) is 1. The zero-order valence-electron chi connectivity index (χ0n) is 13.6. The summed E-state index contributed by atoms with van der Waals surface area (Å²) < 4.78 is 0. The van der Waals surface area contributed by atoms with Gasteiger partial charge < -0.3 is 4.98 Å². The van der Waals surface area contributed by atoms with Gasteiger partial charge >= 0.3 is 0 Å². The highest BCUT2D eigenvalue weighted by atomic mass is 35.5. The number of imidazole rings is 1. The van der Waals surface area contributed by atoms with E-state index in [1.54, 1.807) is 0 Å². The molecule has 3 heterocycles. The third kappa shape index (κ3) is 3.30. The smallest absolute Gasteiger partial charge is 0.124 e. The number of fused-ring (bicyclic) bond motifs is 1. The number of halogens is 1. The van der Waals surface area contributed by atoms with Gasteiger partial charge in [-0.25, -0.2) is 4.98 Å². The van der Waals surface area contributed by atoms with Crippen molar-refractivity contribution in [2.24, 2.45) is 0 Å². The van der Waals surface area contributed by atoms with Crippen LogP contribution in [0.2, 0.25) is 5.02 Å². The van der Waals surface area contributed by atoms with Crippen molar-refractivity contribution in [3.63, 3.8) is 0 Å². The lowest BCUT2D eigenvalue weighted by Gasteiger charge is -2.22. The van der Waals surface area contributed by atoms with E-state index >= 15 is 0 Å². The van der Waals surface area contributed by atoms with Gasteiger partial charge in [-0.1, -0.05) is 17.7 Å². The average molecular weight is 341 g/mol. The molecule has 24 heavy (non-hydrogen) atoms. The zero-order chi connectivity index (χ0) is 16.4. The number of aromatic amines is 1. The Morgan fingerprint density at radius 2 is 2.25 bits per heavy atom. The van der Waals surface area contributed by atoms with Gasteiger partial charge in [-0.15, -0.1) is 0 Å². The number of pyridine rings is 1. The molecule has 4 nitrogen and oxygen atoms in total. The van der Waals surface area contributed by atoms with Crippen LogP contribution in [0.3, 0.4) is 0 Å². The number of rotatable bonds is 5. The van der Waals surface area contributed by atoms with Crippen LogP contribution >= 0.6 is 11.6 Å². The molecule has 124 valence electrons. The molecule has 5 heteroatoms. The van der Waals surface area contributed by atoms with Crippen molar-refractivity contribution in [3.05, 3.63) is 59.1 Å². The van der Waals surface area contributed by atoms with E-state index in [-0.39, 0.29) is 0 Å². The van der Waals surface area contributed by atoms with Crippen molar-refractivity contribution >= 4 is 22.6 Å². The van der Waals surface area contributed by atoms with E-state index < -0.39 is 0 Å². The summed E-state index contributed by atoms with van der Waals surface area (Å²) >= 11 is 6.08. The number of nitrogens with zero attached hydrogens (tertiary/aromatic N) is 3. The fourth-order valence-corrected chi connectivity index (χ4v) is 3.77. The molecular weight excluding hydrogens is 320 g/mol. The Morgan fingerprint density at radius 1 is 1.29 bits per heavy atom. The van der Waals surface area contributed by atoms with Gasteiger partial charge in [0.2, 0.25) is 0 Å². The van der Waals surface area contributed by atoms with Crippen LogP contribution in [0.15, 0.2) is 42.7 Å². The first-order chi connectivity index (χ1) is 11.8. The van der Waals surface area contributed by atoms with Crippen molar-refractivity contribution in [1.29, 1.82) is 0 Å². The van der Waals surface area contributed by atoms with E-state index in [1.807, 2.05) is 36.7 Å². The maximum Gasteiger partial charge on any atom is 0.124 e. The predicted molar refractivity (Wildman–Crippen MR) is 97.2 cm³/mol. The van der Waals surface area contributed by atoms with Gasteiger partial charge in [0.05, 0.1) is 17.1 Å². The number of nitrogens with one attached hydrogen (secondary N) is 1. The van der Waals surface area contributed by atoms with E-state index in [0.717, 1.165) is 47.8 Å². The first-order valence-corrected chi connectivity index (χ1v) is 8.95. The average Bonchev–Trinajstić information content (AvgIpc) is 3.21. The topological polar surface area (TPSA) is 44.8 Å². The van der Waals surface area contributed by atoms with Gasteiger partial charge in [0.15, 0.2) is 0 Å². The van der Waals surface area contributed by atoms with Crippen molar-refractivity contribution in [2.45, 2.75) is 31.7 Å². The maximum atomic E-state index is 6.08. The molecule has 1 aliphatic rings. The second-order valence-electron chi connectivity index (χ2n) is 6.44. The lowest BCUT2D eigenvalue weighted by Crippen LogP contribution is -2.25. The molecule has 0 bridgehead atoms. The molecule has 3 aromatic rings. The molecule has 1 atom stereocenters. The van der Waals surface area contributed by atoms with Crippen LogP contribution in [-0.4, -0.2) is 32.9 Å². The Balaban J connectivity index is 1.43. The van der Waals surface area contributed by atoms with Gasteiger partial charge in [0, 0.05) is 17.4 Å². The monoisotopic (exact) mass is 340 g/mol. The second-order valence-corrected chi connectivity index (χ2v) is 6.88. The van der Waals surface area contributed by atoms with Gasteiger partial charge in [-0.3, -0.25) is 9.88 Å². The minimum Gasteiger partial charge on any atom is -0.341 e. The Bertz CT molecular complexity index is 815. The van der Waals surface area contributed by atoms with Gasteiger partial charge in [0.1, 0.15) is 5.82 Å². The van der Waals surface area contributed by atoms with Crippen LogP contribution < -0.4 is 0 Å². The van der Waals surface area contributed by atoms with E-state index in [1.165, 1.54) is 18.4 Å². The summed E-state index contributed by atoms with van der Waals surface area (Å²) in [4.78, 5) is 15.0. The highest BCUT2D eigenvalue weighted by Gasteiger charge is 2.27. The highest BCUT2D eigenvalue weighted by Crippen LogP contribution is 2.32. The summed E-state index contributed by atoms with van der Waals surface area (Å²) in [6.45, 7) is 2.24. The first-order valence-electron chi connectivity index (χ1n) is 8.58. The van der Waals surface area contributed by atoms with E-state index in [0.29, 0.717) is 6.04 Å². The van der Waals surface area contributed by atoms with Crippen molar-refractivity contribution in [1.82, 2.24) is 19.9 Å². The Morgan fingerprint density at radius 3 is 3.12 bits per heavy atom. The number of benzene rings is 1. The lowest BCUT2D eigenvalue weighted by atomic mass is 10.1. The molecule has 1 N–H and O–H groups in total. The fourth-order valence-electron chi connectivity index (χ4n) is 3.60. The normalized spacial score (nSPS) is 18.5. The molecule has 2 aromatic heterocycles. The molecule has 0 aliphatic carbocycles. The molecule has 0 spiro atoms. The van der Waals surface area contributed by atoms with Crippen LogP contribution in [0.4, 0.5) is 0 Å². The van der Waals surface area contributed by atoms with E-state index in [9.17, 15) is 0 Å². The number of likely N-dealkylation sites (tertiary alicyclic amines) is 1. The second kappa shape index (κ2) is 6.91. The summed E-state index contributed by atoms with van der Waals surface area (Å²) in [6, 6.07) is 10.4.